The van der Waals surface area contributed by atoms with Crippen molar-refractivity contribution in [3.05, 3.63) is 29.8 Å². The third kappa shape index (κ3) is 3.35. The number of para-hydroxylation sites is 1. The summed E-state index contributed by atoms with van der Waals surface area (Å²) in [6.07, 6.45) is 5.35. The molecule has 2 rings (SSSR count). The molecule has 1 aromatic carbocycles. The van der Waals surface area contributed by atoms with Crippen LogP contribution in [0.15, 0.2) is 24.3 Å². The van der Waals surface area contributed by atoms with Crippen LogP contribution in [0.1, 0.15) is 52.0 Å². The van der Waals surface area contributed by atoms with Gasteiger partial charge in [-0.25, -0.2) is 0 Å². The van der Waals surface area contributed by atoms with Gasteiger partial charge in [0.15, 0.2) is 0 Å². The Hall–Kier alpha value is -1.02. The molecule has 0 aromatic heterocycles. The van der Waals surface area contributed by atoms with Crippen LogP contribution < -0.4 is 10.2 Å². The molecular weight excluding hydrogens is 244 g/mol. The van der Waals surface area contributed by atoms with Gasteiger partial charge in [0.1, 0.15) is 0 Å². The highest BCUT2D eigenvalue weighted by atomic mass is 15.1. The molecule has 0 saturated carbocycles. The summed E-state index contributed by atoms with van der Waals surface area (Å²) < 4.78 is 0. The number of hydrogen-bond donors (Lipinski definition) is 1. The Labute approximate surface area is 124 Å². The minimum absolute atomic E-state index is 0.604. The molecule has 0 radical (unpaired) electrons. The molecule has 2 nitrogen and oxygen atoms in total. The van der Waals surface area contributed by atoms with Crippen molar-refractivity contribution in [3.63, 3.8) is 0 Å². The van der Waals surface area contributed by atoms with Crippen molar-refractivity contribution >= 4 is 5.69 Å². The van der Waals surface area contributed by atoms with Gasteiger partial charge >= 0.3 is 0 Å². The second-order valence-electron chi connectivity index (χ2n) is 6.10. The Balaban J connectivity index is 2.06. The average Bonchev–Trinajstić information content (AvgIpc) is 2.53. The average molecular weight is 274 g/mol. The fourth-order valence-electron chi connectivity index (χ4n) is 3.41. The van der Waals surface area contributed by atoms with E-state index in [1.54, 1.807) is 0 Å². The van der Waals surface area contributed by atoms with Crippen molar-refractivity contribution < 1.29 is 0 Å². The van der Waals surface area contributed by atoms with Crippen molar-refractivity contribution in [3.8, 4) is 0 Å². The lowest BCUT2D eigenvalue weighted by molar-refractivity contribution is 0.199. The largest absolute Gasteiger partial charge is 0.371 e. The van der Waals surface area contributed by atoms with E-state index in [0.717, 1.165) is 13.1 Å². The van der Waals surface area contributed by atoms with Crippen molar-refractivity contribution in [2.24, 2.45) is 5.41 Å². The van der Waals surface area contributed by atoms with Gasteiger partial charge in [0.2, 0.25) is 0 Å². The molecule has 0 spiro atoms. The summed E-state index contributed by atoms with van der Waals surface area (Å²) in [5.41, 5.74) is 3.48. The summed E-state index contributed by atoms with van der Waals surface area (Å²) in [6, 6.07) is 8.88. The molecule has 0 atom stereocenters. The summed E-state index contributed by atoms with van der Waals surface area (Å²) in [5, 5.41) is 3.46. The van der Waals surface area contributed by atoms with E-state index in [-0.39, 0.29) is 0 Å². The van der Waals surface area contributed by atoms with Crippen molar-refractivity contribution in [1.82, 2.24) is 5.32 Å². The van der Waals surface area contributed by atoms with Crippen molar-refractivity contribution in [1.29, 1.82) is 0 Å². The molecule has 0 bridgehead atoms. The van der Waals surface area contributed by atoms with E-state index in [4.69, 9.17) is 0 Å². The van der Waals surface area contributed by atoms with Crippen LogP contribution >= 0.6 is 0 Å². The normalized spacial score (nSPS) is 18.2. The quantitative estimate of drug-likeness (QED) is 0.836. The summed E-state index contributed by atoms with van der Waals surface area (Å²) in [5.74, 6) is 0. The first-order chi connectivity index (χ1) is 9.74. The molecule has 20 heavy (non-hydrogen) atoms. The van der Waals surface area contributed by atoms with Crippen LogP contribution in [0.2, 0.25) is 0 Å². The molecular formula is C18H30N2. The smallest absolute Gasteiger partial charge is 0.0411 e. The van der Waals surface area contributed by atoms with Crippen LogP contribution in [0.5, 0.6) is 0 Å². The van der Waals surface area contributed by atoms with Gasteiger partial charge in [-0.15, -0.1) is 0 Å². The number of benzene rings is 1. The molecule has 1 saturated heterocycles. The fourth-order valence-corrected chi connectivity index (χ4v) is 3.41. The molecule has 1 aliphatic rings. The summed E-state index contributed by atoms with van der Waals surface area (Å²) in [4.78, 5) is 2.59. The zero-order chi connectivity index (χ0) is 14.4. The molecule has 0 unspecified atom stereocenters. The molecule has 1 aliphatic heterocycles. The second-order valence-corrected chi connectivity index (χ2v) is 6.10. The maximum atomic E-state index is 3.46. The molecule has 2 heteroatoms. The zero-order valence-corrected chi connectivity index (χ0v) is 13.4. The first-order valence-corrected chi connectivity index (χ1v) is 8.28. The van der Waals surface area contributed by atoms with E-state index in [2.05, 4.69) is 55.3 Å². The predicted octanol–water partition coefficient (Wildman–Crippen LogP) is 4.20. The van der Waals surface area contributed by atoms with Gasteiger partial charge in [0.25, 0.3) is 0 Å². The van der Waals surface area contributed by atoms with Crippen LogP contribution in [0.4, 0.5) is 5.69 Å². The van der Waals surface area contributed by atoms with Crippen LogP contribution in [0.3, 0.4) is 0 Å². The molecule has 1 heterocycles. The molecule has 0 aliphatic carbocycles. The monoisotopic (exact) mass is 274 g/mol. The SMILES string of the molecule is CCNCc1ccccc1N1CCC(CC)(CC)CC1. The standard InChI is InChI=1S/C18H30N2/c1-4-18(5-2)11-13-20(14-12-18)17-10-8-7-9-16(17)15-19-6-3/h7-10,19H,4-6,11-15H2,1-3H3. The van der Waals surface area contributed by atoms with Crippen LogP contribution in [-0.2, 0) is 6.54 Å². The number of nitrogens with one attached hydrogen (secondary N) is 1. The van der Waals surface area contributed by atoms with Crippen LogP contribution in [-0.4, -0.2) is 19.6 Å². The number of nitrogens with zero attached hydrogens (tertiary/aromatic N) is 1. The van der Waals surface area contributed by atoms with Gasteiger partial charge in [0.05, 0.1) is 0 Å². The Bertz CT molecular complexity index is 400. The van der Waals surface area contributed by atoms with E-state index in [1.165, 1.54) is 50.0 Å². The van der Waals surface area contributed by atoms with E-state index >= 15 is 0 Å². The van der Waals surface area contributed by atoms with Crippen LogP contribution in [0.25, 0.3) is 0 Å². The van der Waals surface area contributed by atoms with Gasteiger partial charge in [-0.2, -0.15) is 0 Å². The lowest BCUT2D eigenvalue weighted by Crippen LogP contribution is -2.40. The lowest BCUT2D eigenvalue weighted by atomic mass is 9.74. The minimum atomic E-state index is 0.604. The highest BCUT2D eigenvalue weighted by Gasteiger charge is 2.31. The third-order valence-electron chi connectivity index (χ3n) is 5.22. The summed E-state index contributed by atoms with van der Waals surface area (Å²) in [7, 11) is 0. The van der Waals surface area contributed by atoms with E-state index in [1.807, 2.05) is 0 Å². The van der Waals surface area contributed by atoms with E-state index in [9.17, 15) is 0 Å². The molecule has 1 aromatic rings. The van der Waals surface area contributed by atoms with Crippen molar-refractivity contribution in [2.45, 2.75) is 53.0 Å². The van der Waals surface area contributed by atoms with Gasteiger partial charge in [-0.1, -0.05) is 51.8 Å². The Morgan fingerprint density at radius 3 is 2.30 bits per heavy atom. The second kappa shape index (κ2) is 7.12. The fraction of sp³-hybridized carbons (Fsp3) is 0.667. The number of anilines is 1. The number of hydrogen-bond acceptors (Lipinski definition) is 2. The Kier molecular flexibility index (Phi) is 5.47. The number of piperidine rings is 1. The maximum absolute atomic E-state index is 3.46. The zero-order valence-electron chi connectivity index (χ0n) is 13.4. The third-order valence-corrected chi connectivity index (χ3v) is 5.22. The first-order valence-electron chi connectivity index (χ1n) is 8.28. The van der Waals surface area contributed by atoms with Gasteiger partial charge in [-0.05, 0) is 36.4 Å². The van der Waals surface area contributed by atoms with Crippen molar-refractivity contribution in [2.75, 3.05) is 24.5 Å². The molecule has 0 amide bonds. The maximum Gasteiger partial charge on any atom is 0.0411 e. The first kappa shape index (κ1) is 15.4. The summed E-state index contributed by atoms with van der Waals surface area (Å²) in [6.45, 7) is 11.3. The van der Waals surface area contributed by atoms with E-state index < -0.39 is 0 Å². The van der Waals surface area contributed by atoms with Gasteiger partial charge in [-0.3, -0.25) is 0 Å². The Morgan fingerprint density at radius 1 is 1.05 bits per heavy atom. The highest BCUT2D eigenvalue weighted by molar-refractivity contribution is 5.54. The van der Waals surface area contributed by atoms with E-state index in [0.29, 0.717) is 5.41 Å². The van der Waals surface area contributed by atoms with Crippen LogP contribution in [0, 0.1) is 5.41 Å². The molecule has 1 N–H and O–H groups in total. The molecule has 1 fully saturated rings. The predicted molar refractivity (Wildman–Crippen MR) is 88.3 cm³/mol. The summed E-state index contributed by atoms with van der Waals surface area (Å²) >= 11 is 0. The van der Waals surface area contributed by atoms with Gasteiger partial charge in [0, 0.05) is 25.3 Å². The number of rotatable bonds is 6. The Morgan fingerprint density at radius 2 is 1.70 bits per heavy atom. The van der Waals surface area contributed by atoms with Gasteiger partial charge < -0.3 is 10.2 Å². The lowest BCUT2D eigenvalue weighted by Gasteiger charge is -2.42. The topological polar surface area (TPSA) is 15.3 Å². The highest BCUT2D eigenvalue weighted by Crippen LogP contribution is 2.39. The minimum Gasteiger partial charge on any atom is -0.371 e. The molecule has 112 valence electrons.